The molecule has 1 fully saturated rings. The van der Waals surface area contributed by atoms with Gasteiger partial charge in [0.1, 0.15) is 11.5 Å². The van der Waals surface area contributed by atoms with E-state index in [9.17, 15) is 15.5 Å². The Morgan fingerprint density at radius 2 is 1.88 bits per heavy atom. The molecular weight excluding hydrogens is 472 g/mol. The lowest BCUT2D eigenvalue weighted by Gasteiger charge is -2.41. The van der Waals surface area contributed by atoms with Gasteiger partial charge >= 0.3 is 0 Å². The first-order valence-corrected chi connectivity index (χ1v) is 11.1. The van der Waals surface area contributed by atoms with E-state index in [4.69, 9.17) is 9.47 Å². The molecule has 1 saturated carbocycles. The maximum Gasteiger partial charge on any atom is 0.177 e. The fourth-order valence-corrected chi connectivity index (χ4v) is 5.83. The topological polar surface area (TPSA) is 95.6 Å². The summed E-state index contributed by atoms with van der Waals surface area (Å²) in [7, 11) is 1.49. The zero-order chi connectivity index (χ0) is 22.5. The van der Waals surface area contributed by atoms with Crippen molar-refractivity contribution in [1.29, 1.82) is 5.26 Å². The summed E-state index contributed by atoms with van der Waals surface area (Å²) < 4.78 is 13.0. The summed E-state index contributed by atoms with van der Waals surface area (Å²) >= 11 is 3.47. The van der Waals surface area contributed by atoms with E-state index < -0.39 is 29.1 Å². The lowest BCUT2D eigenvalue weighted by atomic mass is 9.70. The van der Waals surface area contributed by atoms with E-state index in [-0.39, 0.29) is 6.42 Å². The van der Waals surface area contributed by atoms with Gasteiger partial charge in [0.2, 0.25) is 0 Å². The number of hydrogen-bond donors (Lipinski definition) is 2. The van der Waals surface area contributed by atoms with Gasteiger partial charge in [-0.05, 0) is 23.3 Å². The summed E-state index contributed by atoms with van der Waals surface area (Å²) in [5.41, 5.74) is -1.35. The van der Waals surface area contributed by atoms with Crippen LogP contribution in [-0.4, -0.2) is 28.4 Å². The summed E-state index contributed by atoms with van der Waals surface area (Å²) in [5, 5.41) is 33.7. The van der Waals surface area contributed by atoms with E-state index in [1.807, 2.05) is 54.6 Å². The van der Waals surface area contributed by atoms with Crippen LogP contribution in [-0.2, 0) is 11.2 Å². The third kappa shape index (κ3) is 2.61. The van der Waals surface area contributed by atoms with Crippen molar-refractivity contribution < 1.29 is 19.7 Å². The lowest BCUT2D eigenvalue weighted by Crippen LogP contribution is -2.52. The second-order valence-corrected chi connectivity index (χ2v) is 9.10. The molecular formula is C25H21BrN2O4. The third-order valence-electron chi connectivity index (χ3n) is 6.77. The molecule has 2 N–H and O–H groups in total. The number of ether oxygens (including phenoxy) is 2. The molecule has 1 aliphatic carbocycles. The number of pyridine rings is 1. The molecule has 2 aliphatic rings. The molecule has 7 heteroatoms. The Balaban J connectivity index is 1.87. The SMILES string of the molecule is COc1cncc2c1[C@]1(O)[C@H](O)[C@H](CC#N)[C@@H](c3ccccc3)C1(c1ccc(Br)cc1)O2. The predicted octanol–water partition coefficient (Wildman–Crippen LogP) is 4.02. The zero-order valence-electron chi connectivity index (χ0n) is 17.3. The molecule has 1 aromatic heterocycles. The molecule has 2 heterocycles. The quantitative estimate of drug-likeness (QED) is 0.570. The minimum absolute atomic E-state index is 0.0490. The Bertz CT molecular complexity index is 1200. The Hall–Kier alpha value is -2.92. The average Bonchev–Trinajstić information content (AvgIpc) is 3.19. The Labute approximate surface area is 194 Å². The lowest BCUT2D eigenvalue weighted by molar-refractivity contribution is -0.152. The van der Waals surface area contributed by atoms with Gasteiger partial charge in [0, 0.05) is 22.7 Å². The molecule has 0 amide bonds. The molecule has 162 valence electrons. The van der Waals surface area contributed by atoms with Crippen LogP contribution in [0.5, 0.6) is 11.5 Å². The van der Waals surface area contributed by atoms with Crippen molar-refractivity contribution in [3.8, 4) is 17.6 Å². The molecule has 3 aromatic rings. The molecule has 0 radical (unpaired) electrons. The van der Waals surface area contributed by atoms with E-state index >= 15 is 0 Å². The summed E-state index contributed by atoms with van der Waals surface area (Å²) in [6, 6.07) is 19.3. The van der Waals surface area contributed by atoms with Crippen LogP contribution >= 0.6 is 15.9 Å². The summed E-state index contributed by atoms with van der Waals surface area (Å²) in [6.07, 6.45) is 1.80. The number of rotatable bonds is 4. The second kappa shape index (κ2) is 7.59. The van der Waals surface area contributed by atoms with Gasteiger partial charge in [-0.15, -0.1) is 0 Å². The number of hydrogen-bond acceptors (Lipinski definition) is 6. The summed E-state index contributed by atoms with van der Waals surface area (Å²) in [5.74, 6) is -0.415. The largest absolute Gasteiger partial charge is 0.495 e. The number of nitriles is 1. The summed E-state index contributed by atoms with van der Waals surface area (Å²) in [4.78, 5) is 4.20. The number of aliphatic hydroxyl groups excluding tert-OH is 1. The smallest absolute Gasteiger partial charge is 0.177 e. The highest BCUT2D eigenvalue weighted by Crippen LogP contribution is 2.70. The van der Waals surface area contributed by atoms with Gasteiger partial charge in [-0.2, -0.15) is 5.26 Å². The molecule has 0 spiro atoms. The van der Waals surface area contributed by atoms with E-state index in [1.165, 1.54) is 19.5 Å². The van der Waals surface area contributed by atoms with Gasteiger partial charge < -0.3 is 19.7 Å². The third-order valence-corrected chi connectivity index (χ3v) is 7.30. The minimum Gasteiger partial charge on any atom is -0.495 e. The van der Waals surface area contributed by atoms with Gasteiger partial charge in [-0.3, -0.25) is 4.98 Å². The number of methoxy groups -OCH3 is 1. The van der Waals surface area contributed by atoms with E-state index in [0.29, 0.717) is 22.6 Å². The molecule has 32 heavy (non-hydrogen) atoms. The maximum absolute atomic E-state index is 12.5. The molecule has 1 aliphatic heterocycles. The average molecular weight is 493 g/mol. The van der Waals surface area contributed by atoms with Crippen LogP contribution in [0.4, 0.5) is 0 Å². The first kappa shape index (κ1) is 21.0. The van der Waals surface area contributed by atoms with Crippen molar-refractivity contribution in [3.63, 3.8) is 0 Å². The standard InChI is InChI=1S/C25H21BrN2O4/c1-31-19-13-28-14-20-22(19)24(30)23(29)18(11-12-27)21(15-5-3-2-4-6-15)25(24,32-20)16-7-9-17(26)10-8-16/h2-10,13-14,18,21,23,29-30H,11H2,1H3/t18-,21-,23-,24+,25?/m1/s1. The van der Waals surface area contributed by atoms with Gasteiger partial charge in [0.05, 0.1) is 37.2 Å². The fourth-order valence-electron chi connectivity index (χ4n) is 5.56. The first-order valence-electron chi connectivity index (χ1n) is 10.3. The van der Waals surface area contributed by atoms with Crippen molar-refractivity contribution in [2.75, 3.05) is 7.11 Å². The van der Waals surface area contributed by atoms with Gasteiger partial charge in [0.15, 0.2) is 11.2 Å². The molecule has 0 bridgehead atoms. The van der Waals surface area contributed by atoms with Crippen LogP contribution < -0.4 is 9.47 Å². The number of nitrogens with zero attached hydrogens (tertiary/aromatic N) is 2. The highest BCUT2D eigenvalue weighted by atomic mass is 79.9. The molecule has 5 rings (SSSR count). The Morgan fingerprint density at radius 1 is 1.16 bits per heavy atom. The molecule has 0 saturated heterocycles. The van der Waals surface area contributed by atoms with E-state index in [1.54, 1.807) is 0 Å². The van der Waals surface area contributed by atoms with Crippen molar-refractivity contribution in [1.82, 2.24) is 4.98 Å². The van der Waals surface area contributed by atoms with E-state index in [2.05, 4.69) is 27.0 Å². The van der Waals surface area contributed by atoms with Crippen molar-refractivity contribution in [3.05, 3.63) is 88.2 Å². The molecule has 2 aromatic carbocycles. The number of aromatic nitrogens is 1. The Kier molecular flexibility index (Phi) is 4.97. The van der Waals surface area contributed by atoms with Crippen molar-refractivity contribution in [2.24, 2.45) is 5.92 Å². The number of aliphatic hydroxyl groups is 2. The predicted molar refractivity (Wildman–Crippen MR) is 120 cm³/mol. The monoisotopic (exact) mass is 492 g/mol. The molecule has 6 nitrogen and oxygen atoms in total. The zero-order valence-corrected chi connectivity index (χ0v) is 18.9. The van der Waals surface area contributed by atoms with Crippen LogP contribution in [0, 0.1) is 17.2 Å². The Morgan fingerprint density at radius 3 is 2.53 bits per heavy atom. The fraction of sp³-hybridized carbons (Fsp3) is 0.280. The van der Waals surface area contributed by atoms with Crippen molar-refractivity contribution in [2.45, 2.75) is 29.6 Å². The number of benzene rings is 2. The van der Waals surface area contributed by atoms with Crippen molar-refractivity contribution >= 4 is 15.9 Å². The van der Waals surface area contributed by atoms with Crippen LogP contribution in [0.15, 0.2) is 71.5 Å². The first-order chi connectivity index (χ1) is 15.5. The van der Waals surface area contributed by atoms with Crippen LogP contribution in [0.1, 0.15) is 29.0 Å². The van der Waals surface area contributed by atoms with E-state index in [0.717, 1.165) is 10.0 Å². The second-order valence-electron chi connectivity index (χ2n) is 8.19. The van der Waals surface area contributed by atoms with Gasteiger partial charge in [0.25, 0.3) is 0 Å². The van der Waals surface area contributed by atoms with Crippen LogP contribution in [0.3, 0.4) is 0 Å². The number of halogens is 1. The van der Waals surface area contributed by atoms with Crippen LogP contribution in [0.25, 0.3) is 0 Å². The normalized spacial score (nSPS) is 30.2. The van der Waals surface area contributed by atoms with Gasteiger partial charge in [-0.25, -0.2) is 0 Å². The number of fused-ring (bicyclic) bond motifs is 3. The minimum atomic E-state index is -1.87. The molecule has 5 atom stereocenters. The highest BCUT2D eigenvalue weighted by Gasteiger charge is 2.76. The van der Waals surface area contributed by atoms with Gasteiger partial charge in [-0.1, -0.05) is 58.4 Å². The summed E-state index contributed by atoms with van der Waals surface area (Å²) in [6.45, 7) is 0. The maximum atomic E-state index is 12.5. The highest BCUT2D eigenvalue weighted by molar-refractivity contribution is 9.10. The molecule has 1 unspecified atom stereocenters. The van der Waals surface area contributed by atoms with Crippen LogP contribution in [0.2, 0.25) is 0 Å².